The predicted molar refractivity (Wildman–Crippen MR) is 45.9 cm³/mol. The Morgan fingerprint density at radius 3 is 2.77 bits per heavy atom. The van der Waals surface area contributed by atoms with Crippen LogP contribution in [-0.4, -0.2) is 20.3 Å². The van der Waals surface area contributed by atoms with E-state index in [4.69, 9.17) is 5.73 Å². The van der Waals surface area contributed by atoms with Crippen molar-refractivity contribution in [3.8, 4) is 0 Å². The molecule has 5 heteroatoms. The van der Waals surface area contributed by atoms with Gasteiger partial charge in [-0.05, 0) is 0 Å². The number of nitrogens with two attached hydrogens (primary N) is 1. The molecule has 2 rings (SSSR count). The number of imidazole rings is 1. The summed E-state index contributed by atoms with van der Waals surface area (Å²) in [5.74, 6) is -0.399. The molecule has 0 aliphatic heterocycles. The second-order valence-electron chi connectivity index (χ2n) is 2.68. The minimum Gasteiger partial charge on any atom is -0.369 e. The van der Waals surface area contributed by atoms with Crippen molar-refractivity contribution in [3.05, 3.63) is 30.5 Å². The Hall–Kier alpha value is -1.91. The van der Waals surface area contributed by atoms with Crippen molar-refractivity contribution in [2.45, 2.75) is 6.42 Å². The number of hydrogen-bond donors (Lipinski definition) is 1. The van der Waals surface area contributed by atoms with Crippen molar-refractivity contribution in [2.24, 2.45) is 5.73 Å². The molecule has 0 aliphatic carbocycles. The Morgan fingerprint density at radius 2 is 2.08 bits per heavy atom. The van der Waals surface area contributed by atoms with Crippen LogP contribution in [0.2, 0.25) is 0 Å². The molecule has 0 unspecified atom stereocenters. The SMILES string of the molecule is NC(=O)Cc1nccn2ccnc12. The molecule has 1 amide bonds. The second-order valence-corrected chi connectivity index (χ2v) is 2.68. The third-order valence-corrected chi connectivity index (χ3v) is 1.73. The molecule has 0 bridgehead atoms. The molecule has 0 fully saturated rings. The maximum atomic E-state index is 10.7. The summed E-state index contributed by atoms with van der Waals surface area (Å²) in [5, 5.41) is 0. The van der Waals surface area contributed by atoms with Crippen LogP contribution < -0.4 is 5.73 Å². The predicted octanol–water partition coefficient (Wildman–Crippen LogP) is -0.243. The van der Waals surface area contributed by atoms with Gasteiger partial charge in [0, 0.05) is 24.8 Å². The fourth-order valence-electron chi connectivity index (χ4n) is 1.20. The first-order chi connectivity index (χ1) is 6.27. The van der Waals surface area contributed by atoms with Gasteiger partial charge in [-0.25, -0.2) is 4.98 Å². The molecule has 5 nitrogen and oxygen atoms in total. The Labute approximate surface area is 74.2 Å². The van der Waals surface area contributed by atoms with Gasteiger partial charge >= 0.3 is 0 Å². The van der Waals surface area contributed by atoms with E-state index in [1.807, 2.05) is 0 Å². The Kier molecular flexibility index (Phi) is 1.70. The van der Waals surface area contributed by atoms with Crippen molar-refractivity contribution in [1.82, 2.24) is 14.4 Å². The molecule has 0 atom stereocenters. The van der Waals surface area contributed by atoms with Gasteiger partial charge in [-0.15, -0.1) is 0 Å². The van der Waals surface area contributed by atoms with E-state index < -0.39 is 5.91 Å². The van der Waals surface area contributed by atoms with E-state index in [-0.39, 0.29) is 6.42 Å². The summed E-state index contributed by atoms with van der Waals surface area (Å²) in [6, 6.07) is 0. The molecule has 13 heavy (non-hydrogen) atoms. The minimum absolute atomic E-state index is 0.126. The van der Waals surface area contributed by atoms with Crippen LogP contribution in [0.1, 0.15) is 5.69 Å². The Bertz CT molecular complexity index is 448. The number of carbonyl (C=O) groups is 1. The van der Waals surface area contributed by atoms with Crippen LogP contribution in [0.25, 0.3) is 5.65 Å². The molecule has 0 aliphatic rings. The number of carbonyl (C=O) groups excluding carboxylic acids is 1. The van der Waals surface area contributed by atoms with Crippen LogP contribution in [0.3, 0.4) is 0 Å². The molecule has 2 aromatic heterocycles. The molecule has 0 aromatic carbocycles. The quantitative estimate of drug-likeness (QED) is 0.686. The van der Waals surface area contributed by atoms with E-state index in [1.165, 1.54) is 0 Å². The highest BCUT2D eigenvalue weighted by atomic mass is 16.1. The lowest BCUT2D eigenvalue weighted by Crippen LogP contribution is -2.15. The zero-order valence-corrected chi connectivity index (χ0v) is 6.84. The van der Waals surface area contributed by atoms with Crippen LogP contribution in [-0.2, 0) is 11.2 Å². The smallest absolute Gasteiger partial charge is 0.223 e. The van der Waals surface area contributed by atoms with E-state index in [2.05, 4.69) is 9.97 Å². The van der Waals surface area contributed by atoms with Gasteiger partial charge in [-0.1, -0.05) is 0 Å². The Morgan fingerprint density at radius 1 is 1.38 bits per heavy atom. The van der Waals surface area contributed by atoms with E-state index in [9.17, 15) is 4.79 Å². The molecule has 0 radical (unpaired) electrons. The van der Waals surface area contributed by atoms with Crippen LogP contribution >= 0.6 is 0 Å². The summed E-state index contributed by atoms with van der Waals surface area (Å²) < 4.78 is 1.80. The summed E-state index contributed by atoms with van der Waals surface area (Å²) >= 11 is 0. The molecular formula is C8H8N4O. The zero-order valence-electron chi connectivity index (χ0n) is 6.84. The average Bonchev–Trinajstić information content (AvgIpc) is 2.51. The van der Waals surface area contributed by atoms with Crippen molar-refractivity contribution in [2.75, 3.05) is 0 Å². The molecular weight excluding hydrogens is 168 g/mol. The van der Waals surface area contributed by atoms with Crippen LogP contribution in [0.15, 0.2) is 24.8 Å². The summed E-state index contributed by atoms with van der Waals surface area (Å²) in [6.45, 7) is 0. The molecule has 0 spiro atoms. The summed E-state index contributed by atoms with van der Waals surface area (Å²) in [7, 11) is 0. The van der Waals surface area contributed by atoms with E-state index in [0.29, 0.717) is 11.3 Å². The standard InChI is InChI=1S/C8H8N4O/c9-7(13)5-6-8-11-2-4-12(8)3-1-10-6/h1-4H,5H2,(H2,9,13). The third-order valence-electron chi connectivity index (χ3n) is 1.73. The van der Waals surface area contributed by atoms with Gasteiger partial charge in [-0.2, -0.15) is 0 Å². The maximum absolute atomic E-state index is 10.7. The summed E-state index contributed by atoms with van der Waals surface area (Å²) in [4.78, 5) is 18.8. The molecule has 66 valence electrons. The normalized spacial score (nSPS) is 10.5. The zero-order chi connectivity index (χ0) is 9.26. The largest absolute Gasteiger partial charge is 0.369 e. The molecule has 2 heterocycles. The van der Waals surface area contributed by atoms with Crippen LogP contribution in [0.4, 0.5) is 0 Å². The van der Waals surface area contributed by atoms with Crippen molar-refractivity contribution < 1.29 is 4.79 Å². The van der Waals surface area contributed by atoms with Crippen molar-refractivity contribution >= 4 is 11.6 Å². The third kappa shape index (κ3) is 1.35. The van der Waals surface area contributed by atoms with E-state index >= 15 is 0 Å². The van der Waals surface area contributed by atoms with Gasteiger partial charge in [0.25, 0.3) is 0 Å². The minimum atomic E-state index is -0.399. The molecule has 0 saturated heterocycles. The number of nitrogens with zero attached hydrogens (tertiary/aromatic N) is 3. The number of aromatic nitrogens is 3. The second kappa shape index (κ2) is 2.85. The monoisotopic (exact) mass is 176 g/mol. The lowest BCUT2D eigenvalue weighted by molar-refractivity contribution is -0.117. The van der Waals surface area contributed by atoms with E-state index in [1.54, 1.807) is 29.2 Å². The number of amides is 1. The maximum Gasteiger partial charge on any atom is 0.223 e. The first-order valence-electron chi connectivity index (χ1n) is 3.82. The number of fused-ring (bicyclic) bond motifs is 1. The first-order valence-corrected chi connectivity index (χ1v) is 3.82. The van der Waals surface area contributed by atoms with Gasteiger partial charge in [0.15, 0.2) is 5.65 Å². The van der Waals surface area contributed by atoms with Gasteiger partial charge in [0.1, 0.15) is 0 Å². The highest BCUT2D eigenvalue weighted by molar-refractivity contribution is 5.77. The lowest BCUT2D eigenvalue weighted by Gasteiger charge is -1.98. The fraction of sp³-hybridized carbons (Fsp3) is 0.125. The average molecular weight is 176 g/mol. The van der Waals surface area contributed by atoms with Crippen LogP contribution in [0.5, 0.6) is 0 Å². The highest BCUT2D eigenvalue weighted by Crippen LogP contribution is 2.04. The molecule has 2 aromatic rings. The van der Waals surface area contributed by atoms with Gasteiger partial charge < -0.3 is 10.1 Å². The fourth-order valence-corrected chi connectivity index (χ4v) is 1.20. The summed E-state index contributed by atoms with van der Waals surface area (Å²) in [5.41, 5.74) is 6.36. The van der Waals surface area contributed by atoms with E-state index in [0.717, 1.165) is 0 Å². The van der Waals surface area contributed by atoms with Crippen LogP contribution in [0, 0.1) is 0 Å². The number of hydrogen-bond acceptors (Lipinski definition) is 3. The number of rotatable bonds is 2. The first kappa shape index (κ1) is 7.72. The number of primary amides is 1. The van der Waals surface area contributed by atoms with Crippen molar-refractivity contribution in [1.29, 1.82) is 0 Å². The highest BCUT2D eigenvalue weighted by Gasteiger charge is 2.05. The Balaban J connectivity index is 2.54. The topological polar surface area (TPSA) is 73.3 Å². The van der Waals surface area contributed by atoms with Gasteiger partial charge in [0.05, 0.1) is 12.1 Å². The van der Waals surface area contributed by atoms with Crippen molar-refractivity contribution in [3.63, 3.8) is 0 Å². The van der Waals surface area contributed by atoms with Gasteiger partial charge in [-0.3, -0.25) is 9.78 Å². The summed E-state index contributed by atoms with van der Waals surface area (Å²) in [6.07, 6.45) is 6.96. The molecule has 2 N–H and O–H groups in total. The van der Waals surface area contributed by atoms with Gasteiger partial charge in [0.2, 0.25) is 5.91 Å². The lowest BCUT2D eigenvalue weighted by atomic mass is 10.3. The molecule has 0 saturated carbocycles.